The molecule has 1 aromatic heterocycles. The van der Waals surface area contributed by atoms with E-state index in [2.05, 4.69) is 5.32 Å². The summed E-state index contributed by atoms with van der Waals surface area (Å²) in [5.41, 5.74) is 0. The van der Waals surface area contributed by atoms with Crippen LogP contribution in [0, 0.1) is 0 Å². The van der Waals surface area contributed by atoms with E-state index in [1.165, 1.54) is 6.26 Å². The Morgan fingerprint density at radius 1 is 1.39 bits per heavy atom. The molecular weight excluding hydrogens is 254 g/mol. The Hall–Kier alpha value is -1.30. The van der Waals surface area contributed by atoms with Gasteiger partial charge >= 0.3 is 0 Å². The third kappa shape index (κ3) is 3.87. The second-order valence-corrected chi connectivity index (χ2v) is 6.72. The molecule has 1 aliphatic carbocycles. The summed E-state index contributed by atoms with van der Waals surface area (Å²) in [6.45, 7) is 0. The van der Waals surface area contributed by atoms with Crippen molar-refractivity contribution in [3.8, 4) is 0 Å². The van der Waals surface area contributed by atoms with E-state index in [4.69, 9.17) is 4.42 Å². The van der Waals surface area contributed by atoms with Gasteiger partial charge in [-0.3, -0.25) is 4.79 Å². The normalized spacial score (nSPS) is 16.9. The Morgan fingerprint density at radius 2 is 2.11 bits per heavy atom. The van der Waals surface area contributed by atoms with E-state index < -0.39 is 21.5 Å². The molecule has 18 heavy (non-hydrogen) atoms. The molecule has 0 radical (unpaired) electrons. The van der Waals surface area contributed by atoms with Gasteiger partial charge in [-0.05, 0) is 25.0 Å². The highest BCUT2D eigenvalue weighted by Gasteiger charge is 2.22. The number of furan rings is 1. The van der Waals surface area contributed by atoms with Crippen molar-refractivity contribution in [3.05, 3.63) is 24.2 Å². The van der Waals surface area contributed by atoms with E-state index in [-0.39, 0.29) is 11.8 Å². The van der Waals surface area contributed by atoms with Crippen LogP contribution in [-0.2, 0) is 20.4 Å². The minimum Gasteiger partial charge on any atom is -0.468 e. The summed E-state index contributed by atoms with van der Waals surface area (Å²) in [5.74, 6) is -0.737. The molecule has 5 nitrogen and oxygen atoms in total. The van der Waals surface area contributed by atoms with E-state index >= 15 is 0 Å². The van der Waals surface area contributed by atoms with Crippen LogP contribution in [0.15, 0.2) is 22.8 Å². The zero-order valence-corrected chi connectivity index (χ0v) is 10.9. The second-order valence-electron chi connectivity index (χ2n) is 4.66. The largest absolute Gasteiger partial charge is 0.468 e. The first-order valence-electron chi connectivity index (χ1n) is 6.07. The SMILES string of the molecule is O=C(CS(=O)(=O)Cc1ccco1)NC1CCCC1. The van der Waals surface area contributed by atoms with Gasteiger partial charge in [0.1, 0.15) is 17.3 Å². The molecule has 1 heterocycles. The van der Waals surface area contributed by atoms with Crippen molar-refractivity contribution >= 4 is 15.7 Å². The number of carbonyl (C=O) groups excluding carboxylic acids is 1. The van der Waals surface area contributed by atoms with Gasteiger partial charge in [0, 0.05) is 6.04 Å². The molecule has 0 aliphatic heterocycles. The summed E-state index contributed by atoms with van der Waals surface area (Å²) in [5, 5.41) is 2.77. The van der Waals surface area contributed by atoms with Crippen LogP contribution in [0.4, 0.5) is 0 Å². The number of rotatable bonds is 5. The van der Waals surface area contributed by atoms with Gasteiger partial charge < -0.3 is 9.73 Å². The van der Waals surface area contributed by atoms with Crippen LogP contribution in [0.3, 0.4) is 0 Å². The third-order valence-corrected chi connectivity index (χ3v) is 4.44. The van der Waals surface area contributed by atoms with Gasteiger partial charge in [0.2, 0.25) is 5.91 Å². The fourth-order valence-corrected chi connectivity index (χ4v) is 3.38. The quantitative estimate of drug-likeness (QED) is 0.874. The lowest BCUT2D eigenvalue weighted by Crippen LogP contribution is -2.37. The first-order valence-corrected chi connectivity index (χ1v) is 7.89. The smallest absolute Gasteiger partial charge is 0.235 e. The van der Waals surface area contributed by atoms with Gasteiger partial charge in [-0.25, -0.2) is 8.42 Å². The molecule has 2 rings (SSSR count). The number of nitrogens with one attached hydrogen (secondary N) is 1. The van der Waals surface area contributed by atoms with Crippen LogP contribution in [0.5, 0.6) is 0 Å². The fourth-order valence-electron chi connectivity index (χ4n) is 2.20. The number of hydrogen-bond donors (Lipinski definition) is 1. The number of carbonyl (C=O) groups is 1. The first kappa shape index (κ1) is 13.1. The average molecular weight is 271 g/mol. The molecule has 100 valence electrons. The molecule has 1 N–H and O–H groups in total. The molecule has 0 spiro atoms. The maximum atomic E-state index is 11.8. The summed E-state index contributed by atoms with van der Waals surface area (Å²) in [7, 11) is -3.45. The lowest BCUT2D eigenvalue weighted by atomic mass is 10.2. The number of amides is 1. The molecule has 6 heteroatoms. The highest BCUT2D eigenvalue weighted by Crippen LogP contribution is 2.17. The monoisotopic (exact) mass is 271 g/mol. The Morgan fingerprint density at radius 3 is 2.72 bits per heavy atom. The molecule has 1 saturated carbocycles. The molecule has 1 fully saturated rings. The van der Waals surface area contributed by atoms with E-state index in [0.717, 1.165) is 25.7 Å². The predicted octanol–water partition coefficient (Wildman–Crippen LogP) is 1.25. The van der Waals surface area contributed by atoms with Crippen molar-refractivity contribution in [2.24, 2.45) is 0 Å². The predicted molar refractivity (Wildman–Crippen MR) is 66.6 cm³/mol. The molecule has 1 aliphatic rings. The van der Waals surface area contributed by atoms with Crippen LogP contribution >= 0.6 is 0 Å². The fraction of sp³-hybridized carbons (Fsp3) is 0.583. The maximum absolute atomic E-state index is 11.8. The Bertz CT molecular complexity index is 486. The molecule has 1 amide bonds. The van der Waals surface area contributed by atoms with Gasteiger partial charge in [-0.15, -0.1) is 0 Å². The topological polar surface area (TPSA) is 76.4 Å². The van der Waals surface area contributed by atoms with E-state index in [1.807, 2.05) is 0 Å². The number of sulfone groups is 1. The summed E-state index contributed by atoms with van der Waals surface area (Å²) in [6, 6.07) is 3.37. The summed E-state index contributed by atoms with van der Waals surface area (Å²) in [6.07, 6.45) is 5.52. The van der Waals surface area contributed by atoms with E-state index in [0.29, 0.717) is 5.76 Å². The lowest BCUT2D eigenvalue weighted by molar-refractivity contribution is -0.119. The van der Waals surface area contributed by atoms with Gasteiger partial charge in [0.05, 0.1) is 6.26 Å². The minimum atomic E-state index is -3.45. The molecular formula is C12H17NO4S. The van der Waals surface area contributed by atoms with Crippen LogP contribution in [0.1, 0.15) is 31.4 Å². The van der Waals surface area contributed by atoms with Gasteiger partial charge in [0.15, 0.2) is 9.84 Å². The standard InChI is InChI=1S/C12H17NO4S/c14-12(13-10-4-1-2-5-10)9-18(15,16)8-11-6-3-7-17-11/h3,6-7,10H,1-2,4-5,8-9H2,(H,13,14). The van der Waals surface area contributed by atoms with Gasteiger partial charge in [-0.2, -0.15) is 0 Å². The van der Waals surface area contributed by atoms with E-state index in [9.17, 15) is 13.2 Å². The van der Waals surface area contributed by atoms with Crippen molar-refractivity contribution in [2.45, 2.75) is 37.5 Å². The molecule has 0 unspecified atom stereocenters. The zero-order valence-electron chi connectivity index (χ0n) is 10.1. The van der Waals surface area contributed by atoms with Crippen molar-refractivity contribution in [1.82, 2.24) is 5.32 Å². The van der Waals surface area contributed by atoms with E-state index in [1.54, 1.807) is 12.1 Å². The van der Waals surface area contributed by atoms with Crippen LogP contribution in [-0.4, -0.2) is 26.1 Å². The zero-order chi connectivity index (χ0) is 13.0. The third-order valence-electron chi connectivity index (χ3n) is 3.01. The molecule has 0 aromatic carbocycles. The van der Waals surface area contributed by atoms with Crippen LogP contribution in [0.25, 0.3) is 0 Å². The number of hydrogen-bond acceptors (Lipinski definition) is 4. The Balaban J connectivity index is 1.85. The van der Waals surface area contributed by atoms with Crippen LogP contribution in [0.2, 0.25) is 0 Å². The summed E-state index contributed by atoms with van der Waals surface area (Å²) >= 11 is 0. The maximum Gasteiger partial charge on any atom is 0.235 e. The minimum absolute atomic E-state index is 0.149. The molecule has 0 saturated heterocycles. The Kier molecular flexibility index (Phi) is 4.06. The average Bonchev–Trinajstić information content (AvgIpc) is 2.88. The molecule has 0 bridgehead atoms. The van der Waals surface area contributed by atoms with Gasteiger partial charge in [0.25, 0.3) is 0 Å². The van der Waals surface area contributed by atoms with Crippen molar-refractivity contribution in [3.63, 3.8) is 0 Å². The van der Waals surface area contributed by atoms with Crippen LogP contribution < -0.4 is 5.32 Å². The molecule has 1 aromatic rings. The van der Waals surface area contributed by atoms with Crippen molar-refractivity contribution in [1.29, 1.82) is 0 Å². The highest BCUT2D eigenvalue weighted by atomic mass is 32.2. The highest BCUT2D eigenvalue weighted by molar-refractivity contribution is 7.91. The summed E-state index contributed by atoms with van der Waals surface area (Å²) in [4.78, 5) is 11.6. The molecule has 0 atom stereocenters. The van der Waals surface area contributed by atoms with Gasteiger partial charge in [-0.1, -0.05) is 12.8 Å². The second kappa shape index (κ2) is 5.56. The van der Waals surface area contributed by atoms with Crippen molar-refractivity contribution in [2.75, 3.05) is 5.75 Å². The first-order chi connectivity index (χ1) is 8.55. The lowest BCUT2D eigenvalue weighted by Gasteiger charge is -2.11. The Labute approximate surface area is 106 Å². The summed E-state index contributed by atoms with van der Waals surface area (Å²) < 4.78 is 28.5. The van der Waals surface area contributed by atoms with Crippen molar-refractivity contribution < 1.29 is 17.6 Å².